The number of fused-ring (bicyclic) bond motifs is 1. The largest absolute Gasteiger partial charge is 0.494 e. The van der Waals surface area contributed by atoms with Crippen LogP contribution in [0.5, 0.6) is 5.75 Å². The molecule has 1 aromatic heterocycles. The summed E-state index contributed by atoms with van der Waals surface area (Å²) in [6, 6.07) is 12.9. The van der Waals surface area contributed by atoms with E-state index in [0.29, 0.717) is 24.4 Å². The second-order valence-electron chi connectivity index (χ2n) is 8.38. The molecule has 9 heteroatoms. The molecule has 3 aromatic rings. The van der Waals surface area contributed by atoms with E-state index in [1.807, 2.05) is 6.07 Å². The first-order chi connectivity index (χ1) is 16.9. The van der Waals surface area contributed by atoms with Gasteiger partial charge in [0.1, 0.15) is 5.75 Å². The topological polar surface area (TPSA) is 81.1 Å². The summed E-state index contributed by atoms with van der Waals surface area (Å²) in [6.45, 7) is 6.27. The predicted octanol–water partition coefficient (Wildman–Crippen LogP) is 2.68. The van der Waals surface area contributed by atoms with Crippen molar-refractivity contribution >= 4 is 26.9 Å². The van der Waals surface area contributed by atoms with Gasteiger partial charge in [-0.25, -0.2) is 17.2 Å². The Balaban J connectivity index is 1.38. The number of esters is 1. The zero-order valence-corrected chi connectivity index (χ0v) is 20.5. The van der Waals surface area contributed by atoms with Gasteiger partial charge in [-0.3, -0.25) is 4.90 Å². The van der Waals surface area contributed by atoms with E-state index < -0.39 is 16.0 Å². The summed E-state index contributed by atoms with van der Waals surface area (Å²) in [4.78, 5) is 16.5. The fourth-order valence-electron chi connectivity index (χ4n) is 4.19. The first-order valence-electron chi connectivity index (χ1n) is 11.5. The maximum Gasteiger partial charge on any atom is 0.337 e. The number of aromatic nitrogens is 1. The van der Waals surface area contributed by atoms with Gasteiger partial charge < -0.3 is 14.4 Å². The van der Waals surface area contributed by atoms with E-state index in [2.05, 4.69) is 15.7 Å². The van der Waals surface area contributed by atoms with Crippen LogP contribution in [-0.4, -0.2) is 81.1 Å². The minimum atomic E-state index is -3.89. The molecule has 2 heterocycles. The van der Waals surface area contributed by atoms with Crippen molar-refractivity contribution < 1.29 is 22.7 Å². The van der Waals surface area contributed by atoms with E-state index in [0.717, 1.165) is 44.5 Å². The van der Waals surface area contributed by atoms with Crippen molar-refractivity contribution in [2.24, 2.45) is 0 Å². The van der Waals surface area contributed by atoms with Gasteiger partial charge in [0.2, 0.25) is 0 Å². The Hall–Kier alpha value is -3.32. The molecule has 1 fully saturated rings. The number of carbonyl (C=O) groups is 1. The van der Waals surface area contributed by atoms with Crippen LogP contribution in [-0.2, 0) is 14.8 Å². The standard InChI is InChI=1S/C26H29N3O5S/c1-3-11-27-14-16-28(17-15-27)12-5-18-34-23-8-9-25-21(19-23)10-13-29(25)35(31,32)24-7-4-6-22(20-24)26(30)33-2/h1,4,6-10,13,19-20H,5,11-12,14-18H2,2H3. The number of rotatable bonds is 9. The van der Waals surface area contributed by atoms with Crippen molar-refractivity contribution in [3.05, 3.63) is 60.3 Å². The number of carbonyl (C=O) groups excluding carboxylic acids is 1. The van der Waals surface area contributed by atoms with E-state index >= 15 is 0 Å². The third-order valence-electron chi connectivity index (χ3n) is 6.11. The molecule has 2 aromatic carbocycles. The van der Waals surface area contributed by atoms with Crippen molar-refractivity contribution in [2.75, 3.05) is 53.0 Å². The molecule has 0 atom stereocenters. The third-order valence-corrected chi connectivity index (χ3v) is 7.79. The first kappa shape index (κ1) is 24.8. The number of piperazine rings is 1. The van der Waals surface area contributed by atoms with E-state index in [-0.39, 0.29) is 10.5 Å². The van der Waals surface area contributed by atoms with Crippen LogP contribution in [0.15, 0.2) is 59.6 Å². The highest BCUT2D eigenvalue weighted by Gasteiger charge is 2.21. The van der Waals surface area contributed by atoms with Gasteiger partial charge in [-0.05, 0) is 48.9 Å². The molecular weight excluding hydrogens is 466 g/mol. The van der Waals surface area contributed by atoms with Gasteiger partial charge in [0, 0.05) is 44.3 Å². The third kappa shape index (κ3) is 5.68. The van der Waals surface area contributed by atoms with Crippen LogP contribution in [0.3, 0.4) is 0 Å². The van der Waals surface area contributed by atoms with Crippen LogP contribution in [0.2, 0.25) is 0 Å². The quantitative estimate of drug-likeness (QED) is 0.257. The maximum absolute atomic E-state index is 13.2. The van der Waals surface area contributed by atoms with Crippen molar-refractivity contribution in [1.82, 2.24) is 13.8 Å². The summed E-state index contributed by atoms with van der Waals surface area (Å²) >= 11 is 0. The molecule has 35 heavy (non-hydrogen) atoms. The molecule has 0 N–H and O–H groups in total. The lowest BCUT2D eigenvalue weighted by molar-refractivity contribution is 0.0600. The molecular formula is C26H29N3O5S. The lowest BCUT2D eigenvalue weighted by Crippen LogP contribution is -2.46. The van der Waals surface area contributed by atoms with Gasteiger partial charge in [0.25, 0.3) is 10.0 Å². The van der Waals surface area contributed by atoms with Crippen molar-refractivity contribution in [3.8, 4) is 18.1 Å². The van der Waals surface area contributed by atoms with Crippen LogP contribution >= 0.6 is 0 Å². The Morgan fingerprint density at radius 1 is 1.06 bits per heavy atom. The first-order valence-corrected chi connectivity index (χ1v) is 12.9. The lowest BCUT2D eigenvalue weighted by atomic mass is 10.2. The highest BCUT2D eigenvalue weighted by atomic mass is 32.2. The summed E-state index contributed by atoms with van der Waals surface area (Å²) in [7, 11) is -2.64. The van der Waals surface area contributed by atoms with Crippen LogP contribution < -0.4 is 4.74 Å². The molecule has 0 bridgehead atoms. The maximum atomic E-state index is 13.2. The number of ether oxygens (including phenoxy) is 2. The molecule has 1 aliphatic heterocycles. The summed E-state index contributed by atoms with van der Waals surface area (Å²) in [5.41, 5.74) is 0.709. The van der Waals surface area contributed by atoms with E-state index in [1.54, 1.807) is 18.2 Å². The van der Waals surface area contributed by atoms with Gasteiger partial charge in [0.05, 0.1) is 36.2 Å². The summed E-state index contributed by atoms with van der Waals surface area (Å²) < 4.78 is 38.3. The molecule has 184 valence electrons. The number of hydrogen-bond acceptors (Lipinski definition) is 7. The SMILES string of the molecule is C#CCN1CCN(CCCOc2ccc3c(ccn3S(=O)(=O)c3cccc(C(=O)OC)c3)c2)CC1. The molecule has 4 rings (SSSR count). The fourth-order valence-corrected chi connectivity index (χ4v) is 5.59. The summed E-state index contributed by atoms with van der Waals surface area (Å²) in [6.07, 6.45) is 7.79. The monoisotopic (exact) mass is 495 g/mol. The van der Waals surface area contributed by atoms with Crippen LogP contribution in [0, 0.1) is 12.3 Å². The molecule has 0 radical (unpaired) electrons. The van der Waals surface area contributed by atoms with Crippen LogP contribution in [0.25, 0.3) is 10.9 Å². The van der Waals surface area contributed by atoms with Gasteiger partial charge in [0.15, 0.2) is 0 Å². The molecule has 8 nitrogen and oxygen atoms in total. The highest BCUT2D eigenvalue weighted by Crippen LogP contribution is 2.26. The average Bonchev–Trinajstić information content (AvgIpc) is 3.31. The summed E-state index contributed by atoms with van der Waals surface area (Å²) in [5, 5.41) is 0.750. The zero-order valence-electron chi connectivity index (χ0n) is 19.7. The number of hydrogen-bond donors (Lipinski definition) is 0. The molecule has 0 unspecified atom stereocenters. The zero-order chi connectivity index (χ0) is 24.8. The van der Waals surface area contributed by atoms with Gasteiger partial charge in [-0.1, -0.05) is 12.0 Å². The van der Waals surface area contributed by atoms with E-state index in [9.17, 15) is 13.2 Å². The Kier molecular flexibility index (Phi) is 7.76. The van der Waals surface area contributed by atoms with Crippen molar-refractivity contribution in [3.63, 3.8) is 0 Å². The fraction of sp³-hybridized carbons (Fsp3) is 0.346. The van der Waals surface area contributed by atoms with Crippen LogP contribution in [0.4, 0.5) is 0 Å². The molecule has 0 amide bonds. The smallest absolute Gasteiger partial charge is 0.337 e. The number of methoxy groups -OCH3 is 1. The van der Waals surface area contributed by atoms with Gasteiger partial charge in [-0.15, -0.1) is 6.42 Å². The van der Waals surface area contributed by atoms with E-state index in [4.69, 9.17) is 15.9 Å². The number of benzene rings is 2. The van der Waals surface area contributed by atoms with Gasteiger partial charge >= 0.3 is 5.97 Å². The minimum absolute atomic E-state index is 0.0124. The second-order valence-corrected chi connectivity index (χ2v) is 10.2. The Morgan fingerprint density at radius 3 is 2.57 bits per heavy atom. The Bertz CT molecular complexity index is 1330. The molecule has 0 spiro atoms. The van der Waals surface area contributed by atoms with Gasteiger partial charge in [-0.2, -0.15) is 0 Å². The summed E-state index contributed by atoms with van der Waals surface area (Å²) in [5.74, 6) is 2.80. The van der Waals surface area contributed by atoms with Crippen LogP contribution in [0.1, 0.15) is 16.8 Å². The Labute approximate surface area is 206 Å². The molecule has 1 saturated heterocycles. The number of nitrogens with zero attached hydrogens (tertiary/aromatic N) is 3. The van der Waals surface area contributed by atoms with Crippen molar-refractivity contribution in [2.45, 2.75) is 11.3 Å². The molecule has 1 aliphatic rings. The minimum Gasteiger partial charge on any atom is -0.494 e. The molecule has 0 aliphatic carbocycles. The number of terminal acetylenes is 1. The normalized spacial score (nSPS) is 15.1. The average molecular weight is 496 g/mol. The predicted molar refractivity (Wildman–Crippen MR) is 134 cm³/mol. The van der Waals surface area contributed by atoms with E-state index in [1.165, 1.54) is 41.5 Å². The molecule has 0 saturated carbocycles. The lowest BCUT2D eigenvalue weighted by Gasteiger charge is -2.33. The Morgan fingerprint density at radius 2 is 1.83 bits per heavy atom. The highest BCUT2D eigenvalue weighted by molar-refractivity contribution is 7.90. The second kappa shape index (κ2) is 11.0. The van der Waals surface area contributed by atoms with Crippen molar-refractivity contribution in [1.29, 1.82) is 0 Å².